The van der Waals surface area contributed by atoms with Crippen LogP contribution in [-0.2, 0) is 4.74 Å². The van der Waals surface area contributed by atoms with Crippen LogP contribution in [-0.4, -0.2) is 28.1 Å². The lowest BCUT2D eigenvalue weighted by molar-refractivity contribution is 0.0864. The molecule has 0 atom stereocenters. The van der Waals surface area contributed by atoms with Gasteiger partial charge >= 0.3 is 6.09 Å². The number of aromatic nitrogens is 2. The number of thiazole rings is 1. The minimum atomic E-state index is -0.435. The first-order valence-corrected chi connectivity index (χ1v) is 12.6. The Labute approximate surface area is 207 Å². The fourth-order valence-electron chi connectivity index (χ4n) is 4.21. The van der Waals surface area contributed by atoms with Gasteiger partial charge in [0.05, 0.1) is 21.6 Å². The van der Waals surface area contributed by atoms with E-state index >= 15 is 0 Å². The SMILES string of the molecule is Cc1ncc(-c2ccc3nc(NC(=O)c4ccccc4)sc3c2)cc1NC(=O)OC1CCCCC1. The zero-order valence-corrected chi connectivity index (χ0v) is 20.2. The lowest BCUT2D eigenvalue weighted by atomic mass is 9.98. The van der Waals surface area contributed by atoms with Gasteiger partial charge in [-0.1, -0.05) is 42.0 Å². The Morgan fingerprint density at radius 1 is 0.971 bits per heavy atom. The second kappa shape index (κ2) is 10.2. The van der Waals surface area contributed by atoms with Crippen molar-refractivity contribution in [3.05, 3.63) is 72.1 Å². The van der Waals surface area contributed by atoms with Crippen LogP contribution < -0.4 is 10.6 Å². The smallest absolute Gasteiger partial charge is 0.411 e. The second-order valence-corrected chi connectivity index (χ2v) is 9.70. The Balaban J connectivity index is 1.32. The monoisotopic (exact) mass is 486 g/mol. The van der Waals surface area contributed by atoms with E-state index in [1.54, 1.807) is 18.3 Å². The average molecular weight is 487 g/mol. The summed E-state index contributed by atoms with van der Waals surface area (Å²) < 4.78 is 6.54. The lowest BCUT2D eigenvalue weighted by Gasteiger charge is -2.22. The van der Waals surface area contributed by atoms with Crippen LogP contribution >= 0.6 is 11.3 Å². The summed E-state index contributed by atoms with van der Waals surface area (Å²) in [5.74, 6) is -0.191. The standard InChI is InChI=1S/C27H26N4O3S/c1-17-23(30-27(33)34-21-10-6-3-7-11-21)14-20(16-28-17)19-12-13-22-24(15-19)35-26(29-22)31-25(32)18-8-4-2-5-9-18/h2,4-5,8-9,12-16,21H,3,6-7,10-11H2,1H3,(H,30,33)(H,29,31,32). The van der Waals surface area contributed by atoms with Crippen LogP contribution in [0.4, 0.5) is 15.6 Å². The topological polar surface area (TPSA) is 93.2 Å². The Hall–Kier alpha value is -3.78. The van der Waals surface area contributed by atoms with Gasteiger partial charge in [-0.3, -0.25) is 20.4 Å². The number of nitrogens with one attached hydrogen (secondary N) is 2. The van der Waals surface area contributed by atoms with Crippen molar-refractivity contribution < 1.29 is 14.3 Å². The Bertz CT molecular complexity index is 1360. The van der Waals surface area contributed by atoms with E-state index in [9.17, 15) is 9.59 Å². The average Bonchev–Trinajstić information content (AvgIpc) is 3.28. The molecule has 0 unspecified atom stereocenters. The van der Waals surface area contributed by atoms with Gasteiger partial charge in [-0.2, -0.15) is 0 Å². The van der Waals surface area contributed by atoms with E-state index in [4.69, 9.17) is 4.74 Å². The second-order valence-electron chi connectivity index (χ2n) is 8.67. The van der Waals surface area contributed by atoms with Gasteiger partial charge in [0.15, 0.2) is 5.13 Å². The zero-order chi connectivity index (χ0) is 24.2. The van der Waals surface area contributed by atoms with Gasteiger partial charge in [0.25, 0.3) is 5.91 Å². The molecule has 0 radical (unpaired) electrons. The first-order valence-electron chi connectivity index (χ1n) is 11.8. The summed E-state index contributed by atoms with van der Waals surface area (Å²) in [6.45, 7) is 1.86. The minimum absolute atomic E-state index is 0.00879. The molecule has 0 spiro atoms. The number of anilines is 2. The molecule has 4 aromatic rings. The highest BCUT2D eigenvalue weighted by Gasteiger charge is 2.18. The number of carbonyl (C=O) groups excluding carboxylic acids is 2. The molecule has 2 aromatic carbocycles. The molecule has 0 bridgehead atoms. The molecule has 8 heteroatoms. The number of hydrogen-bond donors (Lipinski definition) is 2. The van der Waals surface area contributed by atoms with E-state index in [1.165, 1.54) is 17.8 Å². The molecule has 7 nitrogen and oxygen atoms in total. The highest BCUT2D eigenvalue weighted by molar-refractivity contribution is 7.22. The van der Waals surface area contributed by atoms with Crippen LogP contribution in [0.25, 0.3) is 21.3 Å². The number of rotatable bonds is 5. The maximum absolute atomic E-state index is 12.5. The van der Waals surface area contributed by atoms with Crippen LogP contribution in [0.1, 0.15) is 48.2 Å². The van der Waals surface area contributed by atoms with Gasteiger partial charge in [-0.05, 0) is 68.5 Å². The van der Waals surface area contributed by atoms with Gasteiger partial charge in [0.2, 0.25) is 0 Å². The molecule has 35 heavy (non-hydrogen) atoms. The van der Waals surface area contributed by atoms with Crippen LogP contribution in [0.3, 0.4) is 0 Å². The van der Waals surface area contributed by atoms with Gasteiger partial charge in [0, 0.05) is 17.3 Å². The van der Waals surface area contributed by atoms with Crippen molar-refractivity contribution in [3.63, 3.8) is 0 Å². The molecular weight excluding hydrogens is 460 g/mol. The molecule has 2 aromatic heterocycles. The van der Waals surface area contributed by atoms with Crippen molar-refractivity contribution in [1.82, 2.24) is 9.97 Å². The number of aryl methyl sites for hydroxylation is 1. The van der Waals surface area contributed by atoms with E-state index in [-0.39, 0.29) is 12.0 Å². The maximum atomic E-state index is 12.5. The number of amides is 2. The molecule has 2 amide bonds. The van der Waals surface area contributed by atoms with E-state index in [2.05, 4.69) is 20.6 Å². The number of ether oxygens (including phenoxy) is 1. The minimum Gasteiger partial charge on any atom is -0.446 e. The van der Waals surface area contributed by atoms with Crippen molar-refractivity contribution in [2.75, 3.05) is 10.6 Å². The van der Waals surface area contributed by atoms with Crippen LogP contribution in [0.5, 0.6) is 0 Å². The van der Waals surface area contributed by atoms with Crippen molar-refractivity contribution in [2.45, 2.75) is 45.1 Å². The van der Waals surface area contributed by atoms with E-state index in [0.717, 1.165) is 52.7 Å². The summed E-state index contributed by atoms with van der Waals surface area (Å²) in [4.78, 5) is 33.9. The van der Waals surface area contributed by atoms with Gasteiger partial charge < -0.3 is 4.74 Å². The van der Waals surface area contributed by atoms with Gasteiger partial charge in [-0.25, -0.2) is 9.78 Å². The number of benzene rings is 2. The Kier molecular flexibility index (Phi) is 6.72. The Morgan fingerprint density at radius 2 is 1.77 bits per heavy atom. The van der Waals surface area contributed by atoms with E-state index in [0.29, 0.717) is 16.4 Å². The van der Waals surface area contributed by atoms with Crippen molar-refractivity contribution >= 4 is 44.4 Å². The van der Waals surface area contributed by atoms with E-state index in [1.807, 2.05) is 49.4 Å². The highest BCUT2D eigenvalue weighted by Crippen LogP contribution is 2.32. The van der Waals surface area contributed by atoms with Crippen LogP contribution in [0.15, 0.2) is 60.8 Å². The summed E-state index contributed by atoms with van der Waals surface area (Å²) >= 11 is 1.41. The van der Waals surface area contributed by atoms with Gasteiger partial charge in [-0.15, -0.1) is 0 Å². The van der Waals surface area contributed by atoms with Crippen molar-refractivity contribution in [3.8, 4) is 11.1 Å². The fraction of sp³-hybridized carbons (Fsp3) is 0.259. The fourth-order valence-corrected chi connectivity index (χ4v) is 5.11. The maximum Gasteiger partial charge on any atom is 0.411 e. The predicted octanol–water partition coefficient (Wildman–Crippen LogP) is 6.80. The summed E-state index contributed by atoms with van der Waals surface area (Å²) in [5, 5.41) is 6.28. The van der Waals surface area contributed by atoms with Crippen LogP contribution in [0, 0.1) is 6.92 Å². The summed E-state index contributed by atoms with van der Waals surface area (Å²) in [7, 11) is 0. The molecule has 2 heterocycles. The highest BCUT2D eigenvalue weighted by atomic mass is 32.1. The third-order valence-electron chi connectivity index (χ3n) is 6.13. The number of nitrogens with zero attached hydrogens (tertiary/aromatic N) is 2. The molecule has 1 aliphatic carbocycles. The molecular formula is C27H26N4O3S. The molecule has 2 N–H and O–H groups in total. The quantitative estimate of drug-likeness (QED) is 0.324. The molecule has 1 aliphatic rings. The van der Waals surface area contributed by atoms with Crippen molar-refractivity contribution in [1.29, 1.82) is 0 Å². The van der Waals surface area contributed by atoms with Crippen molar-refractivity contribution in [2.24, 2.45) is 0 Å². The summed E-state index contributed by atoms with van der Waals surface area (Å²) in [5.41, 5.74) is 4.55. The molecule has 1 fully saturated rings. The van der Waals surface area contributed by atoms with E-state index < -0.39 is 6.09 Å². The van der Waals surface area contributed by atoms with Crippen LogP contribution in [0.2, 0.25) is 0 Å². The summed E-state index contributed by atoms with van der Waals surface area (Å²) in [6.07, 6.45) is 6.60. The zero-order valence-electron chi connectivity index (χ0n) is 19.4. The number of fused-ring (bicyclic) bond motifs is 1. The molecule has 178 valence electrons. The summed E-state index contributed by atoms with van der Waals surface area (Å²) in [6, 6.07) is 16.9. The molecule has 0 saturated heterocycles. The predicted molar refractivity (Wildman–Crippen MR) is 139 cm³/mol. The third-order valence-corrected chi connectivity index (χ3v) is 7.06. The lowest BCUT2D eigenvalue weighted by Crippen LogP contribution is -2.24. The molecule has 5 rings (SSSR count). The normalized spacial score (nSPS) is 14.0. The largest absolute Gasteiger partial charge is 0.446 e. The molecule has 0 aliphatic heterocycles. The third kappa shape index (κ3) is 5.49. The first-order chi connectivity index (χ1) is 17.0. The molecule has 1 saturated carbocycles. The number of hydrogen-bond acceptors (Lipinski definition) is 6. The first kappa shape index (κ1) is 23.0. The Morgan fingerprint density at radius 3 is 2.57 bits per heavy atom. The van der Waals surface area contributed by atoms with Gasteiger partial charge in [0.1, 0.15) is 6.10 Å². The number of carbonyl (C=O) groups is 2. The number of pyridine rings is 1.